The molecule has 2 aromatic rings. The Morgan fingerprint density at radius 2 is 2.18 bits per heavy atom. The van der Waals surface area contributed by atoms with Crippen molar-refractivity contribution in [3.05, 3.63) is 59.5 Å². The zero-order valence-electron chi connectivity index (χ0n) is 12.9. The second-order valence-corrected chi connectivity index (χ2v) is 7.06. The van der Waals surface area contributed by atoms with Gasteiger partial charge < -0.3 is 14.8 Å². The van der Waals surface area contributed by atoms with Gasteiger partial charge in [-0.1, -0.05) is 24.3 Å². The topological polar surface area (TPSA) is 45.4 Å². The number of fused-ring (bicyclic) bond motifs is 1. The Balaban J connectivity index is 1.65. The average molecular weight is 317 g/mol. The Hall–Kier alpha value is -1.23. The van der Waals surface area contributed by atoms with Gasteiger partial charge in [-0.15, -0.1) is 0 Å². The van der Waals surface area contributed by atoms with Gasteiger partial charge in [-0.05, 0) is 48.8 Å². The predicted molar refractivity (Wildman–Crippen MR) is 91.1 cm³/mol. The highest BCUT2D eigenvalue weighted by Gasteiger charge is 2.22. The summed E-state index contributed by atoms with van der Waals surface area (Å²) in [5, 5.41) is 13.9. The van der Waals surface area contributed by atoms with E-state index in [9.17, 15) is 5.11 Å². The van der Waals surface area contributed by atoms with E-state index in [1.165, 1.54) is 16.9 Å². The summed E-state index contributed by atoms with van der Waals surface area (Å²) in [6.07, 6.45) is 2.85. The van der Waals surface area contributed by atoms with E-state index in [4.69, 9.17) is 4.42 Å². The van der Waals surface area contributed by atoms with Crippen molar-refractivity contribution in [1.29, 1.82) is 0 Å². The first-order valence-corrected chi connectivity index (χ1v) is 9.02. The van der Waals surface area contributed by atoms with Crippen LogP contribution in [0.5, 0.6) is 0 Å². The van der Waals surface area contributed by atoms with Crippen LogP contribution in [0, 0.1) is 0 Å². The minimum atomic E-state index is -0.550. The maximum Gasteiger partial charge on any atom is 0.132 e. The molecule has 3 unspecified atom stereocenters. The molecule has 3 atom stereocenters. The van der Waals surface area contributed by atoms with Gasteiger partial charge in [0, 0.05) is 17.8 Å². The van der Waals surface area contributed by atoms with Gasteiger partial charge in [0.2, 0.25) is 0 Å². The lowest BCUT2D eigenvalue weighted by Gasteiger charge is -2.25. The third-order valence-corrected chi connectivity index (χ3v) is 5.23. The van der Waals surface area contributed by atoms with Crippen molar-refractivity contribution in [3.8, 4) is 0 Å². The van der Waals surface area contributed by atoms with E-state index >= 15 is 0 Å². The fraction of sp³-hybridized carbons (Fsp3) is 0.444. The van der Waals surface area contributed by atoms with Gasteiger partial charge in [0.15, 0.2) is 0 Å². The van der Waals surface area contributed by atoms with E-state index in [2.05, 4.69) is 36.5 Å². The molecular weight excluding hydrogens is 294 g/mol. The van der Waals surface area contributed by atoms with Gasteiger partial charge in [-0.2, -0.15) is 11.8 Å². The highest BCUT2D eigenvalue weighted by atomic mass is 32.2. The van der Waals surface area contributed by atoms with Gasteiger partial charge in [0.05, 0.1) is 6.26 Å². The van der Waals surface area contributed by atoms with E-state index < -0.39 is 6.10 Å². The van der Waals surface area contributed by atoms with Gasteiger partial charge in [0.25, 0.3) is 0 Å². The standard InChI is InChI=1S/C18H23NO2S/c1-13(11-17(20)18-7-4-9-21-18)19-16-12-22-10-8-14-5-2-3-6-15(14)16/h2-7,9,13,16-17,19-20H,8,10-12H2,1H3. The Bertz CT molecular complexity index is 585. The zero-order chi connectivity index (χ0) is 15.4. The maximum atomic E-state index is 10.2. The first-order valence-electron chi connectivity index (χ1n) is 7.87. The molecule has 0 bridgehead atoms. The molecule has 118 valence electrons. The second kappa shape index (κ2) is 7.36. The number of rotatable bonds is 5. The van der Waals surface area contributed by atoms with Crippen LogP contribution in [0.2, 0.25) is 0 Å². The van der Waals surface area contributed by atoms with Crippen molar-refractivity contribution in [1.82, 2.24) is 5.32 Å². The van der Waals surface area contributed by atoms with Crippen LogP contribution in [0.1, 0.15) is 42.4 Å². The van der Waals surface area contributed by atoms with Gasteiger partial charge in [0.1, 0.15) is 11.9 Å². The molecule has 3 nitrogen and oxygen atoms in total. The largest absolute Gasteiger partial charge is 0.467 e. The Labute approximate surface area is 136 Å². The number of aliphatic hydroxyl groups excluding tert-OH is 1. The quantitative estimate of drug-likeness (QED) is 0.882. The Morgan fingerprint density at radius 1 is 1.32 bits per heavy atom. The van der Waals surface area contributed by atoms with Crippen LogP contribution in [0.3, 0.4) is 0 Å². The summed E-state index contributed by atoms with van der Waals surface area (Å²) in [6, 6.07) is 12.9. The molecule has 1 aromatic heterocycles. The molecule has 1 aromatic carbocycles. The molecule has 0 fully saturated rings. The summed E-state index contributed by atoms with van der Waals surface area (Å²) in [5.74, 6) is 2.90. The summed E-state index contributed by atoms with van der Waals surface area (Å²) < 4.78 is 5.28. The van der Waals surface area contributed by atoms with Crippen LogP contribution < -0.4 is 5.32 Å². The lowest BCUT2D eigenvalue weighted by Crippen LogP contribution is -2.33. The number of furan rings is 1. The molecule has 0 saturated heterocycles. The third-order valence-electron chi connectivity index (χ3n) is 4.16. The molecule has 1 aliphatic heterocycles. The predicted octanol–water partition coefficient (Wildman–Crippen LogP) is 3.71. The molecule has 0 spiro atoms. The van der Waals surface area contributed by atoms with Crippen LogP contribution in [0.15, 0.2) is 47.1 Å². The number of aliphatic hydroxyl groups is 1. The molecule has 0 aliphatic carbocycles. The van der Waals surface area contributed by atoms with E-state index in [1.807, 2.05) is 23.9 Å². The van der Waals surface area contributed by atoms with Crippen LogP contribution in [0.4, 0.5) is 0 Å². The molecule has 0 saturated carbocycles. The van der Waals surface area contributed by atoms with E-state index in [0.29, 0.717) is 18.2 Å². The number of thioether (sulfide) groups is 1. The molecule has 3 rings (SSSR count). The molecule has 2 heterocycles. The molecular formula is C18H23NO2S. The molecule has 2 N–H and O–H groups in total. The summed E-state index contributed by atoms with van der Waals surface area (Å²) in [4.78, 5) is 0. The first kappa shape index (κ1) is 15.7. The Morgan fingerprint density at radius 3 is 3.00 bits per heavy atom. The lowest BCUT2D eigenvalue weighted by molar-refractivity contribution is 0.127. The summed E-state index contributed by atoms with van der Waals surface area (Å²) in [6.45, 7) is 2.13. The maximum absolute atomic E-state index is 10.2. The van der Waals surface area contributed by atoms with Crippen LogP contribution in [-0.2, 0) is 6.42 Å². The smallest absolute Gasteiger partial charge is 0.132 e. The normalized spacial score (nSPS) is 20.9. The SMILES string of the molecule is CC(CC(O)c1ccco1)NC1CSCCc2ccccc21. The molecule has 1 aliphatic rings. The van der Waals surface area contributed by atoms with Crippen molar-refractivity contribution < 1.29 is 9.52 Å². The lowest BCUT2D eigenvalue weighted by atomic mass is 9.98. The van der Waals surface area contributed by atoms with Crippen molar-refractivity contribution in [2.75, 3.05) is 11.5 Å². The van der Waals surface area contributed by atoms with E-state index in [0.717, 1.165) is 12.2 Å². The van der Waals surface area contributed by atoms with Crippen LogP contribution in [-0.4, -0.2) is 22.7 Å². The van der Waals surface area contributed by atoms with Crippen molar-refractivity contribution in [3.63, 3.8) is 0 Å². The third kappa shape index (κ3) is 3.75. The number of nitrogens with one attached hydrogen (secondary N) is 1. The van der Waals surface area contributed by atoms with Crippen molar-refractivity contribution >= 4 is 11.8 Å². The molecule has 0 amide bonds. The number of aryl methyl sites for hydroxylation is 1. The number of hydrogen-bond acceptors (Lipinski definition) is 4. The minimum Gasteiger partial charge on any atom is -0.467 e. The van der Waals surface area contributed by atoms with Crippen molar-refractivity contribution in [2.45, 2.75) is 38.0 Å². The highest BCUT2D eigenvalue weighted by Crippen LogP contribution is 2.29. The Kier molecular flexibility index (Phi) is 5.24. The summed E-state index contributed by atoms with van der Waals surface area (Å²) >= 11 is 2.00. The van der Waals surface area contributed by atoms with E-state index in [-0.39, 0.29) is 6.04 Å². The zero-order valence-corrected chi connectivity index (χ0v) is 13.7. The monoisotopic (exact) mass is 317 g/mol. The summed E-state index contributed by atoms with van der Waals surface area (Å²) in [7, 11) is 0. The molecule has 22 heavy (non-hydrogen) atoms. The van der Waals surface area contributed by atoms with Gasteiger partial charge >= 0.3 is 0 Å². The minimum absolute atomic E-state index is 0.219. The van der Waals surface area contributed by atoms with Crippen molar-refractivity contribution in [2.24, 2.45) is 0 Å². The average Bonchev–Trinajstić information content (AvgIpc) is 2.98. The van der Waals surface area contributed by atoms with Crippen LogP contribution in [0.25, 0.3) is 0 Å². The fourth-order valence-electron chi connectivity index (χ4n) is 3.06. The van der Waals surface area contributed by atoms with E-state index in [1.54, 1.807) is 6.26 Å². The second-order valence-electron chi connectivity index (χ2n) is 5.91. The molecule has 4 heteroatoms. The first-order chi connectivity index (χ1) is 10.7. The molecule has 0 radical (unpaired) electrons. The van der Waals surface area contributed by atoms with Gasteiger partial charge in [-0.25, -0.2) is 0 Å². The van der Waals surface area contributed by atoms with Gasteiger partial charge in [-0.3, -0.25) is 0 Å². The number of benzene rings is 1. The fourth-order valence-corrected chi connectivity index (χ4v) is 4.10. The highest BCUT2D eigenvalue weighted by molar-refractivity contribution is 7.99. The number of hydrogen-bond donors (Lipinski definition) is 2. The summed E-state index contributed by atoms with van der Waals surface area (Å²) in [5.41, 5.74) is 2.86. The van der Waals surface area contributed by atoms with Crippen LogP contribution >= 0.6 is 11.8 Å².